The van der Waals surface area contributed by atoms with Gasteiger partial charge in [0.1, 0.15) is 5.82 Å². The van der Waals surface area contributed by atoms with Gasteiger partial charge in [0.25, 0.3) is 0 Å². The van der Waals surface area contributed by atoms with Crippen LogP contribution < -0.4 is 10.2 Å². The number of unbranched alkanes of at least 4 members (excludes halogenated alkanes) is 4. The Morgan fingerprint density at radius 1 is 1.24 bits per heavy atom. The summed E-state index contributed by atoms with van der Waals surface area (Å²) in [4.78, 5) is 6.71. The maximum atomic E-state index is 13.1. The van der Waals surface area contributed by atoms with Crippen molar-refractivity contribution in [2.45, 2.75) is 51.5 Å². The molecule has 1 N–H and O–H groups in total. The fourth-order valence-electron chi connectivity index (χ4n) is 3.57. The average Bonchev–Trinajstić information content (AvgIpc) is 3.20. The number of hydrogen-bond donors (Lipinski definition) is 1. The van der Waals surface area contributed by atoms with E-state index in [1.807, 2.05) is 12.4 Å². The third kappa shape index (κ3) is 6.35. The van der Waals surface area contributed by atoms with Crippen molar-refractivity contribution in [2.75, 3.05) is 18.0 Å². The molecule has 1 fully saturated rings. The first-order valence-corrected chi connectivity index (χ1v) is 10.6. The third-order valence-electron chi connectivity index (χ3n) is 5.24. The molecule has 3 nitrogen and oxygen atoms in total. The summed E-state index contributed by atoms with van der Waals surface area (Å²) in [5.41, 5.74) is 3.84. The van der Waals surface area contributed by atoms with Crippen molar-refractivity contribution < 1.29 is 4.39 Å². The van der Waals surface area contributed by atoms with Gasteiger partial charge in [0.05, 0.1) is 11.9 Å². The number of aromatic nitrogens is 1. The first-order valence-electron chi connectivity index (χ1n) is 10.6. The fraction of sp³-hybridized carbons (Fsp3) is 0.400. The van der Waals surface area contributed by atoms with Crippen molar-refractivity contribution in [2.24, 2.45) is 0 Å². The molecule has 0 radical (unpaired) electrons. The van der Waals surface area contributed by atoms with Crippen molar-refractivity contribution >= 4 is 11.4 Å². The minimum absolute atomic E-state index is 0.231. The van der Waals surface area contributed by atoms with E-state index in [1.165, 1.54) is 37.8 Å². The van der Waals surface area contributed by atoms with Crippen LogP contribution in [0.3, 0.4) is 0 Å². The van der Waals surface area contributed by atoms with E-state index in [0.29, 0.717) is 6.04 Å². The Hall–Kier alpha value is -2.80. The van der Waals surface area contributed by atoms with E-state index in [4.69, 9.17) is 0 Å². The standard InChI is InChI=1S/C25H30FN3/c1-3-4-5-6-7-8-9-21-16-25(18-27-17-21)29-15-14-24(19-29)28-20(2)22-10-12-23(26)13-11-22/h10-13,16-18,24,28H,2-7,14-15,19H2,1H3/t24-/m1/s1. The molecule has 3 rings (SSSR count). The van der Waals surface area contributed by atoms with Crippen LogP contribution in [0.25, 0.3) is 5.70 Å². The molecule has 152 valence electrons. The van der Waals surface area contributed by atoms with E-state index < -0.39 is 0 Å². The molecule has 4 heteroatoms. The summed E-state index contributed by atoms with van der Waals surface area (Å²) >= 11 is 0. The summed E-state index contributed by atoms with van der Waals surface area (Å²) in [6.07, 6.45) is 10.7. The van der Waals surface area contributed by atoms with Gasteiger partial charge < -0.3 is 10.2 Å². The molecule has 0 aliphatic carbocycles. The molecule has 29 heavy (non-hydrogen) atoms. The van der Waals surface area contributed by atoms with Crippen molar-refractivity contribution in [3.8, 4) is 11.8 Å². The highest BCUT2D eigenvalue weighted by molar-refractivity contribution is 5.62. The molecule has 1 aromatic carbocycles. The smallest absolute Gasteiger partial charge is 0.123 e. The van der Waals surface area contributed by atoms with Gasteiger partial charge in [-0.2, -0.15) is 0 Å². The Morgan fingerprint density at radius 2 is 2.07 bits per heavy atom. The third-order valence-corrected chi connectivity index (χ3v) is 5.24. The molecule has 1 aliphatic rings. The Kier molecular flexibility index (Phi) is 7.69. The van der Waals surface area contributed by atoms with E-state index >= 15 is 0 Å². The van der Waals surface area contributed by atoms with E-state index in [1.54, 1.807) is 12.1 Å². The van der Waals surface area contributed by atoms with E-state index in [2.05, 4.69) is 46.6 Å². The maximum absolute atomic E-state index is 13.1. The maximum Gasteiger partial charge on any atom is 0.123 e. The molecule has 0 amide bonds. The van der Waals surface area contributed by atoms with Crippen molar-refractivity contribution in [1.82, 2.24) is 10.3 Å². The lowest BCUT2D eigenvalue weighted by atomic mass is 10.1. The van der Waals surface area contributed by atoms with Crippen molar-refractivity contribution in [3.63, 3.8) is 0 Å². The van der Waals surface area contributed by atoms with Gasteiger partial charge in [0.2, 0.25) is 0 Å². The molecular weight excluding hydrogens is 361 g/mol. The van der Waals surface area contributed by atoms with Gasteiger partial charge in [-0.05, 0) is 36.6 Å². The predicted octanol–water partition coefficient (Wildman–Crippen LogP) is 5.38. The zero-order chi connectivity index (χ0) is 20.5. The zero-order valence-corrected chi connectivity index (χ0v) is 17.3. The number of pyridine rings is 1. The lowest BCUT2D eigenvalue weighted by molar-refractivity contribution is 0.627. The quantitative estimate of drug-likeness (QED) is 0.484. The fourth-order valence-corrected chi connectivity index (χ4v) is 3.57. The summed E-state index contributed by atoms with van der Waals surface area (Å²) in [5, 5.41) is 3.48. The van der Waals surface area contributed by atoms with E-state index in [0.717, 1.165) is 48.4 Å². The van der Waals surface area contributed by atoms with Crippen LogP contribution in [0.4, 0.5) is 10.1 Å². The Labute approximate surface area is 174 Å². The normalized spacial score (nSPS) is 15.7. The number of rotatable bonds is 8. The summed E-state index contributed by atoms with van der Waals surface area (Å²) in [6, 6.07) is 8.87. The van der Waals surface area contributed by atoms with Crippen LogP contribution in [0, 0.1) is 17.7 Å². The second kappa shape index (κ2) is 10.7. The Bertz CT molecular complexity index is 864. The van der Waals surface area contributed by atoms with Crippen LogP contribution in [0.5, 0.6) is 0 Å². The number of nitrogens with zero attached hydrogens (tertiary/aromatic N) is 2. The van der Waals surface area contributed by atoms with Gasteiger partial charge in [0, 0.05) is 43.0 Å². The molecule has 0 spiro atoms. The lowest BCUT2D eigenvalue weighted by Gasteiger charge is -2.20. The molecule has 1 saturated heterocycles. The Balaban J connectivity index is 1.52. The van der Waals surface area contributed by atoms with Gasteiger partial charge in [-0.1, -0.05) is 56.7 Å². The average molecular weight is 392 g/mol. The monoisotopic (exact) mass is 391 g/mol. The topological polar surface area (TPSA) is 28.2 Å². The van der Waals surface area contributed by atoms with Crippen molar-refractivity contribution in [1.29, 1.82) is 0 Å². The largest absolute Gasteiger partial charge is 0.380 e. The minimum Gasteiger partial charge on any atom is -0.380 e. The molecule has 0 saturated carbocycles. The highest BCUT2D eigenvalue weighted by Crippen LogP contribution is 2.22. The minimum atomic E-state index is -0.231. The molecule has 1 aromatic heterocycles. The van der Waals surface area contributed by atoms with Gasteiger partial charge >= 0.3 is 0 Å². The molecule has 2 aromatic rings. The zero-order valence-electron chi connectivity index (χ0n) is 17.3. The highest BCUT2D eigenvalue weighted by Gasteiger charge is 2.23. The first kappa shape index (κ1) is 20.9. The Morgan fingerprint density at radius 3 is 2.86 bits per heavy atom. The second-order valence-electron chi connectivity index (χ2n) is 7.61. The number of anilines is 1. The van der Waals surface area contributed by atoms with Gasteiger partial charge in [-0.15, -0.1) is 0 Å². The number of benzene rings is 1. The first-order chi connectivity index (χ1) is 14.2. The molecule has 1 aliphatic heterocycles. The van der Waals surface area contributed by atoms with Crippen LogP contribution in [0.15, 0.2) is 49.3 Å². The van der Waals surface area contributed by atoms with Crippen LogP contribution in [0.1, 0.15) is 56.6 Å². The number of nitrogens with one attached hydrogen (secondary N) is 1. The summed E-state index contributed by atoms with van der Waals surface area (Å²) in [7, 11) is 0. The van der Waals surface area contributed by atoms with Gasteiger partial charge in [-0.3, -0.25) is 4.98 Å². The molecule has 2 heterocycles. The molecule has 0 unspecified atom stereocenters. The van der Waals surface area contributed by atoms with Crippen molar-refractivity contribution in [3.05, 3.63) is 66.2 Å². The van der Waals surface area contributed by atoms with Gasteiger partial charge in [0.15, 0.2) is 0 Å². The lowest BCUT2D eigenvalue weighted by Crippen LogP contribution is -2.31. The van der Waals surface area contributed by atoms with E-state index in [-0.39, 0.29) is 5.82 Å². The van der Waals surface area contributed by atoms with E-state index in [9.17, 15) is 4.39 Å². The van der Waals surface area contributed by atoms with Crippen LogP contribution in [-0.2, 0) is 0 Å². The summed E-state index contributed by atoms with van der Waals surface area (Å²) in [6.45, 7) is 8.18. The number of hydrogen-bond acceptors (Lipinski definition) is 3. The highest BCUT2D eigenvalue weighted by atomic mass is 19.1. The molecular formula is C25H30FN3. The van der Waals surface area contributed by atoms with Crippen LogP contribution in [-0.4, -0.2) is 24.1 Å². The second-order valence-corrected chi connectivity index (χ2v) is 7.61. The van der Waals surface area contributed by atoms with Crippen LogP contribution in [0.2, 0.25) is 0 Å². The van der Waals surface area contributed by atoms with Crippen LogP contribution >= 0.6 is 0 Å². The summed E-state index contributed by atoms with van der Waals surface area (Å²) in [5.74, 6) is 6.30. The molecule has 1 atom stereocenters. The molecule has 0 bridgehead atoms. The van der Waals surface area contributed by atoms with Gasteiger partial charge in [-0.25, -0.2) is 4.39 Å². The summed E-state index contributed by atoms with van der Waals surface area (Å²) < 4.78 is 13.1. The SMILES string of the molecule is C=C(N[C@@H]1CCN(c2cncc(C#CCCCCCC)c2)C1)c1ccc(F)cc1. The number of halogens is 1. The predicted molar refractivity (Wildman–Crippen MR) is 119 cm³/mol.